The number of aryl methyl sites for hydroxylation is 2. The van der Waals surface area contributed by atoms with Gasteiger partial charge in [-0.3, -0.25) is 14.2 Å². The number of carboxylic acids is 1. The number of fused-ring (bicyclic) bond motifs is 2. The Kier molecular flexibility index (Phi) is 10.1. The van der Waals surface area contributed by atoms with Crippen LogP contribution in [0.4, 0.5) is 26.0 Å². The molecule has 2 fully saturated rings. The van der Waals surface area contributed by atoms with Crippen molar-refractivity contribution in [2.45, 2.75) is 71.9 Å². The SMILES string of the molecule is CC(=O)N1CCc2c(c(N3CCCc4cc(-c5cnn(C)c5)c(C(F)F)cc43)nn2C2CCN(CC3C(C)CN(c4ccc(C(=O)O)nc4)CC3C)CC2)C1. The molecule has 0 spiro atoms. The maximum Gasteiger partial charge on any atom is 0.354 e. The Bertz CT molecular complexity index is 2040. The maximum atomic E-state index is 14.7. The highest BCUT2D eigenvalue weighted by Gasteiger charge is 2.37. The number of hydrogen-bond acceptors (Lipinski definition) is 8. The minimum Gasteiger partial charge on any atom is -0.477 e. The summed E-state index contributed by atoms with van der Waals surface area (Å²) in [6.45, 7) is 12.8. The topological polar surface area (TPSA) is 116 Å². The third kappa shape index (κ3) is 7.20. The highest BCUT2D eigenvalue weighted by molar-refractivity contribution is 5.85. The Balaban J connectivity index is 1.01. The van der Waals surface area contributed by atoms with Crippen molar-refractivity contribution in [1.29, 1.82) is 0 Å². The highest BCUT2D eigenvalue weighted by atomic mass is 19.3. The number of aromatic nitrogens is 5. The van der Waals surface area contributed by atoms with Crippen molar-refractivity contribution < 1.29 is 23.5 Å². The second-order valence-electron chi connectivity index (χ2n) is 16.2. The number of halogens is 2. The van der Waals surface area contributed by atoms with Crippen LogP contribution in [0.2, 0.25) is 0 Å². The van der Waals surface area contributed by atoms with Crippen LogP contribution in [0.25, 0.3) is 11.1 Å². The Labute approximate surface area is 320 Å². The van der Waals surface area contributed by atoms with E-state index in [-0.39, 0.29) is 23.2 Å². The van der Waals surface area contributed by atoms with Gasteiger partial charge >= 0.3 is 5.97 Å². The molecule has 3 aromatic heterocycles. The van der Waals surface area contributed by atoms with E-state index in [1.807, 2.05) is 17.0 Å². The lowest BCUT2D eigenvalue weighted by molar-refractivity contribution is -0.129. The molecule has 2 saturated heterocycles. The fraction of sp³-hybridized carbons (Fsp3) is 0.537. The van der Waals surface area contributed by atoms with Gasteiger partial charge in [0.05, 0.1) is 30.7 Å². The molecule has 4 aliphatic heterocycles. The van der Waals surface area contributed by atoms with Gasteiger partial charge in [-0.1, -0.05) is 13.8 Å². The molecule has 0 saturated carbocycles. The van der Waals surface area contributed by atoms with Gasteiger partial charge in [0.1, 0.15) is 5.69 Å². The van der Waals surface area contributed by atoms with Gasteiger partial charge in [-0.05, 0) is 78.8 Å². The lowest BCUT2D eigenvalue weighted by Crippen LogP contribution is -2.49. The highest BCUT2D eigenvalue weighted by Crippen LogP contribution is 2.44. The first kappa shape index (κ1) is 37.1. The third-order valence-corrected chi connectivity index (χ3v) is 12.6. The van der Waals surface area contributed by atoms with Crippen LogP contribution < -0.4 is 9.80 Å². The van der Waals surface area contributed by atoms with E-state index >= 15 is 0 Å². The predicted octanol–water partition coefficient (Wildman–Crippen LogP) is 6.35. The van der Waals surface area contributed by atoms with E-state index in [2.05, 4.69) is 43.3 Å². The molecule has 0 bridgehead atoms. The number of likely N-dealkylation sites (tertiary alicyclic amines) is 1. The second-order valence-corrected chi connectivity index (χ2v) is 16.2. The summed E-state index contributed by atoms with van der Waals surface area (Å²) in [5, 5.41) is 18.8. The number of nitrogens with zero attached hydrogens (tertiary/aromatic N) is 9. The molecule has 14 heteroatoms. The van der Waals surface area contributed by atoms with Gasteiger partial charge in [-0.15, -0.1) is 0 Å². The molecule has 4 aliphatic rings. The summed E-state index contributed by atoms with van der Waals surface area (Å²) in [5.41, 5.74) is 6.21. The van der Waals surface area contributed by atoms with Crippen molar-refractivity contribution in [2.75, 3.05) is 55.6 Å². The number of anilines is 3. The third-order valence-electron chi connectivity index (χ3n) is 12.6. The number of pyridine rings is 1. The van der Waals surface area contributed by atoms with Gasteiger partial charge in [0.15, 0.2) is 5.82 Å². The number of amides is 1. The maximum absolute atomic E-state index is 14.7. The van der Waals surface area contributed by atoms with E-state index in [4.69, 9.17) is 5.10 Å². The minimum atomic E-state index is -2.65. The first-order chi connectivity index (χ1) is 26.4. The second kappa shape index (κ2) is 15.0. The molecule has 7 heterocycles. The van der Waals surface area contributed by atoms with Gasteiger partial charge in [0.2, 0.25) is 5.91 Å². The van der Waals surface area contributed by atoms with Gasteiger partial charge in [-0.25, -0.2) is 18.6 Å². The average molecular weight is 756 g/mol. The van der Waals surface area contributed by atoms with Crippen LogP contribution in [0.15, 0.2) is 42.9 Å². The zero-order valence-corrected chi connectivity index (χ0v) is 32.2. The molecule has 292 valence electrons. The van der Waals surface area contributed by atoms with E-state index in [9.17, 15) is 23.5 Å². The molecule has 0 aliphatic carbocycles. The van der Waals surface area contributed by atoms with Crippen molar-refractivity contribution in [1.82, 2.24) is 34.3 Å². The average Bonchev–Trinajstić information content (AvgIpc) is 3.79. The van der Waals surface area contributed by atoms with Crippen LogP contribution in [-0.4, -0.2) is 97.1 Å². The first-order valence-corrected chi connectivity index (χ1v) is 19.7. The smallest absolute Gasteiger partial charge is 0.354 e. The molecular weight excluding hydrogens is 705 g/mol. The van der Waals surface area contributed by atoms with Crippen molar-refractivity contribution in [3.05, 3.63) is 70.9 Å². The predicted molar refractivity (Wildman–Crippen MR) is 206 cm³/mol. The number of carbonyl (C=O) groups excluding carboxylic acids is 1. The summed E-state index contributed by atoms with van der Waals surface area (Å²) in [6, 6.07) is 7.24. The number of carbonyl (C=O) groups is 2. The summed E-state index contributed by atoms with van der Waals surface area (Å²) in [4.78, 5) is 37.0. The van der Waals surface area contributed by atoms with E-state index in [1.54, 1.807) is 49.4 Å². The van der Waals surface area contributed by atoms with Crippen molar-refractivity contribution in [3.8, 4) is 11.1 Å². The number of carboxylic acid groups (broad SMARTS) is 1. The van der Waals surface area contributed by atoms with Crippen LogP contribution in [0.1, 0.15) is 85.4 Å². The number of benzene rings is 1. The van der Waals surface area contributed by atoms with Gasteiger partial charge in [0, 0.05) is 100 Å². The molecule has 2 unspecified atom stereocenters. The van der Waals surface area contributed by atoms with Crippen LogP contribution >= 0.6 is 0 Å². The molecule has 55 heavy (non-hydrogen) atoms. The number of rotatable bonds is 8. The molecule has 1 aromatic carbocycles. The summed E-state index contributed by atoms with van der Waals surface area (Å²) in [6.07, 6.45) is 6.75. The lowest BCUT2D eigenvalue weighted by atomic mass is 9.78. The summed E-state index contributed by atoms with van der Waals surface area (Å²) in [5.74, 6) is 1.27. The van der Waals surface area contributed by atoms with Crippen molar-refractivity contribution in [2.24, 2.45) is 24.8 Å². The van der Waals surface area contributed by atoms with Gasteiger partial charge in [-0.2, -0.15) is 10.2 Å². The Hall–Kier alpha value is -4.85. The molecule has 2 atom stereocenters. The fourth-order valence-corrected chi connectivity index (χ4v) is 9.59. The van der Waals surface area contributed by atoms with Crippen LogP contribution in [0.5, 0.6) is 0 Å². The normalized spacial score (nSPS) is 22.2. The van der Waals surface area contributed by atoms with E-state index in [1.165, 1.54) is 5.69 Å². The zero-order chi connectivity index (χ0) is 38.5. The summed E-state index contributed by atoms with van der Waals surface area (Å²) in [7, 11) is 1.79. The largest absolute Gasteiger partial charge is 0.477 e. The van der Waals surface area contributed by atoms with Crippen molar-refractivity contribution in [3.63, 3.8) is 0 Å². The monoisotopic (exact) mass is 755 g/mol. The number of aromatic carboxylic acids is 1. The molecule has 1 N–H and O–H groups in total. The van der Waals surface area contributed by atoms with E-state index < -0.39 is 12.4 Å². The Morgan fingerprint density at radius 2 is 1.76 bits per heavy atom. The summed E-state index contributed by atoms with van der Waals surface area (Å²) >= 11 is 0. The van der Waals surface area contributed by atoms with E-state index in [0.717, 1.165) is 86.7 Å². The molecule has 12 nitrogen and oxygen atoms in total. The molecule has 8 rings (SSSR count). The first-order valence-electron chi connectivity index (χ1n) is 19.7. The zero-order valence-electron chi connectivity index (χ0n) is 32.2. The van der Waals surface area contributed by atoms with Crippen LogP contribution in [-0.2, 0) is 31.2 Å². The van der Waals surface area contributed by atoms with Crippen LogP contribution in [0, 0.1) is 17.8 Å². The Morgan fingerprint density at radius 3 is 2.40 bits per heavy atom. The minimum absolute atomic E-state index is 0.00889. The van der Waals surface area contributed by atoms with Gasteiger partial charge in [0.25, 0.3) is 6.43 Å². The number of alkyl halides is 2. The number of piperidine rings is 2. The quantitative estimate of drug-likeness (QED) is 0.220. The van der Waals surface area contributed by atoms with Crippen LogP contribution in [0.3, 0.4) is 0 Å². The van der Waals surface area contributed by atoms with Gasteiger partial charge < -0.3 is 24.7 Å². The Morgan fingerprint density at radius 1 is 1.00 bits per heavy atom. The summed E-state index contributed by atoms with van der Waals surface area (Å²) < 4.78 is 33.3. The number of hydrogen-bond donors (Lipinski definition) is 1. The molecule has 0 radical (unpaired) electrons. The van der Waals surface area contributed by atoms with Crippen molar-refractivity contribution >= 4 is 29.1 Å². The van der Waals surface area contributed by atoms with E-state index in [0.29, 0.717) is 54.9 Å². The molecule has 4 aromatic rings. The lowest BCUT2D eigenvalue weighted by Gasteiger charge is -2.45. The molecule has 1 amide bonds. The fourth-order valence-electron chi connectivity index (χ4n) is 9.59. The molecular formula is C41H51F2N9O3. The standard InChI is InChI=1S/C41H51F2N9O3/c1-25-20-50(31-7-8-36(41(54)55)44-19-31)21-26(2)34(25)23-48-13-9-30(10-14-48)52-37-11-15-49(27(3)53)24-35(37)40(46-52)51-12-5-6-28-16-32(29-18-45-47(4)22-29)33(39(42)43)17-38(28)51/h7-8,16-19,22,25-26,30,34,39H,5-6,9-15,20-21,23-24H2,1-4H3,(H,54,55).